The lowest BCUT2D eigenvalue weighted by Gasteiger charge is -2.29. The Morgan fingerprint density at radius 2 is 2.17 bits per heavy atom. The van der Waals surface area contributed by atoms with E-state index in [1.54, 1.807) is 0 Å². The van der Waals surface area contributed by atoms with Gasteiger partial charge in [-0.3, -0.25) is 4.79 Å². The van der Waals surface area contributed by atoms with Crippen molar-refractivity contribution in [2.75, 3.05) is 13.2 Å². The molecule has 0 saturated carbocycles. The first kappa shape index (κ1) is 18.7. The van der Waals surface area contributed by atoms with Crippen LogP contribution >= 0.6 is 0 Å². The van der Waals surface area contributed by atoms with Gasteiger partial charge in [0.2, 0.25) is 5.91 Å². The number of aliphatic hydroxyl groups is 1. The largest absolute Gasteiger partial charge is 0.395 e. The fraction of sp³-hybridized carbons (Fsp3) is 0.550. The topological polar surface area (TPSA) is 75.4 Å². The molecule has 24 heavy (non-hydrogen) atoms. The van der Waals surface area contributed by atoms with Crippen LogP contribution in [-0.2, 0) is 6.42 Å². The van der Waals surface area contributed by atoms with E-state index in [1.807, 2.05) is 12.1 Å². The zero-order valence-corrected chi connectivity index (χ0v) is 15.1. The first-order valence-corrected chi connectivity index (χ1v) is 8.79. The van der Waals surface area contributed by atoms with E-state index in [2.05, 4.69) is 38.2 Å². The number of aliphatic hydroxyl groups excluding tert-OH is 1. The summed E-state index contributed by atoms with van der Waals surface area (Å²) in [6.07, 6.45) is 6.25. The fourth-order valence-electron chi connectivity index (χ4n) is 3.26. The Morgan fingerprint density at radius 3 is 2.75 bits per heavy atom. The summed E-state index contributed by atoms with van der Waals surface area (Å²) in [5, 5.41) is 12.2. The fourth-order valence-corrected chi connectivity index (χ4v) is 3.26. The van der Waals surface area contributed by atoms with E-state index in [4.69, 9.17) is 10.8 Å². The molecule has 0 heterocycles. The summed E-state index contributed by atoms with van der Waals surface area (Å²) in [5.74, 6) is -0.367. The third-order valence-corrected chi connectivity index (χ3v) is 4.81. The number of nitrogens with two attached hydrogens (primary N) is 1. The van der Waals surface area contributed by atoms with Crippen molar-refractivity contribution in [3.05, 3.63) is 41.0 Å². The molecule has 2 rings (SSSR count). The molecule has 132 valence electrons. The van der Waals surface area contributed by atoms with E-state index >= 15 is 0 Å². The third-order valence-electron chi connectivity index (χ3n) is 4.81. The van der Waals surface area contributed by atoms with Crippen molar-refractivity contribution in [2.24, 2.45) is 11.1 Å². The number of allylic oxidation sites excluding steroid dienone is 2. The van der Waals surface area contributed by atoms with Crippen molar-refractivity contribution in [3.8, 4) is 0 Å². The maximum absolute atomic E-state index is 11.8. The standard InChI is InChI=1S/C20H30N2O2/c1-14(22-10-11-23)12-15-4-5-17(19(21)24)18(13-15)16-6-8-20(2,3)9-7-16/h4-6,13-14,22-23H,7-12H2,1-3H3,(H2,21,24). The minimum atomic E-state index is -0.367. The zero-order chi connectivity index (χ0) is 17.7. The van der Waals surface area contributed by atoms with Crippen LogP contribution in [0.3, 0.4) is 0 Å². The molecule has 0 bridgehead atoms. The predicted octanol–water partition coefficient (Wildman–Crippen LogP) is 2.89. The van der Waals surface area contributed by atoms with E-state index in [1.165, 1.54) is 11.1 Å². The molecule has 1 aromatic rings. The number of hydrogen-bond acceptors (Lipinski definition) is 3. The van der Waals surface area contributed by atoms with Gasteiger partial charge in [0, 0.05) is 18.2 Å². The Bertz CT molecular complexity index is 620. The van der Waals surface area contributed by atoms with Crippen LogP contribution in [0.15, 0.2) is 24.3 Å². The van der Waals surface area contributed by atoms with Gasteiger partial charge in [-0.25, -0.2) is 0 Å². The van der Waals surface area contributed by atoms with Gasteiger partial charge in [0.1, 0.15) is 0 Å². The zero-order valence-electron chi connectivity index (χ0n) is 15.1. The molecule has 4 nitrogen and oxygen atoms in total. The second-order valence-electron chi connectivity index (χ2n) is 7.62. The summed E-state index contributed by atoms with van der Waals surface area (Å²) in [6, 6.07) is 6.21. The lowest BCUT2D eigenvalue weighted by Crippen LogP contribution is -2.30. The van der Waals surface area contributed by atoms with Crippen LogP contribution in [0.2, 0.25) is 0 Å². The van der Waals surface area contributed by atoms with Crippen molar-refractivity contribution in [3.63, 3.8) is 0 Å². The number of amides is 1. The van der Waals surface area contributed by atoms with E-state index in [0.717, 1.165) is 31.2 Å². The molecule has 1 aromatic carbocycles. The van der Waals surface area contributed by atoms with Crippen molar-refractivity contribution in [2.45, 2.75) is 52.5 Å². The highest BCUT2D eigenvalue weighted by Gasteiger charge is 2.24. The molecular formula is C20H30N2O2. The van der Waals surface area contributed by atoms with Crippen LogP contribution < -0.4 is 11.1 Å². The first-order chi connectivity index (χ1) is 11.3. The molecule has 1 atom stereocenters. The van der Waals surface area contributed by atoms with E-state index in [0.29, 0.717) is 17.5 Å². The highest BCUT2D eigenvalue weighted by molar-refractivity contribution is 5.98. The molecule has 0 saturated heterocycles. The molecule has 0 spiro atoms. The molecular weight excluding hydrogens is 300 g/mol. The van der Waals surface area contributed by atoms with E-state index in [9.17, 15) is 4.79 Å². The third kappa shape index (κ3) is 4.92. The van der Waals surface area contributed by atoms with Crippen molar-refractivity contribution in [1.82, 2.24) is 5.32 Å². The Balaban J connectivity index is 2.26. The summed E-state index contributed by atoms with van der Waals surface area (Å²) >= 11 is 0. The van der Waals surface area contributed by atoms with Crippen LogP contribution in [0.25, 0.3) is 5.57 Å². The van der Waals surface area contributed by atoms with E-state index < -0.39 is 0 Å². The normalized spacial score (nSPS) is 18.1. The van der Waals surface area contributed by atoms with E-state index in [-0.39, 0.29) is 18.6 Å². The Kier molecular flexibility index (Phi) is 6.19. The average Bonchev–Trinajstić information content (AvgIpc) is 2.52. The highest BCUT2D eigenvalue weighted by Crippen LogP contribution is 2.39. The number of carbonyl (C=O) groups excluding carboxylic acids is 1. The number of nitrogens with one attached hydrogen (secondary N) is 1. The maximum Gasteiger partial charge on any atom is 0.249 e. The quantitative estimate of drug-likeness (QED) is 0.719. The van der Waals surface area contributed by atoms with Gasteiger partial charge >= 0.3 is 0 Å². The number of carbonyl (C=O) groups is 1. The summed E-state index contributed by atoms with van der Waals surface area (Å²) in [4.78, 5) is 11.8. The Labute approximate surface area is 145 Å². The molecule has 0 radical (unpaired) electrons. The smallest absolute Gasteiger partial charge is 0.249 e. The highest BCUT2D eigenvalue weighted by atomic mass is 16.3. The van der Waals surface area contributed by atoms with Crippen molar-refractivity contribution < 1.29 is 9.90 Å². The van der Waals surface area contributed by atoms with Gasteiger partial charge in [-0.2, -0.15) is 0 Å². The number of rotatable bonds is 7. The lowest BCUT2D eigenvalue weighted by molar-refractivity contribution is 0.1000. The molecule has 1 aliphatic carbocycles. The molecule has 0 aliphatic heterocycles. The SMILES string of the molecule is CC(Cc1ccc(C(N)=O)c(C2=CCC(C)(C)CC2)c1)NCCO. The van der Waals surface area contributed by atoms with Crippen molar-refractivity contribution >= 4 is 11.5 Å². The predicted molar refractivity (Wildman–Crippen MR) is 98.8 cm³/mol. The summed E-state index contributed by atoms with van der Waals surface area (Å²) in [7, 11) is 0. The molecule has 1 aliphatic rings. The minimum absolute atomic E-state index is 0.138. The van der Waals surface area contributed by atoms with Crippen LogP contribution in [0.4, 0.5) is 0 Å². The van der Waals surface area contributed by atoms with Gasteiger partial charge in [0.15, 0.2) is 0 Å². The molecule has 4 heteroatoms. The van der Waals surface area contributed by atoms with Crippen molar-refractivity contribution in [1.29, 1.82) is 0 Å². The average molecular weight is 330 g/mol. The molecule has 0 fully saturated rings. The molecule has 0 aromatic heterocycles. The number of hydrogen-bond donors (Lipinski definition) is 3. The monoisotopic (exact) mass is 330 g/mol. The van der Waals surface area contributed by atoms with Gasteiger partial charge in [-0.1, -0.05) is 32.1 Å². The van der Waals surface area contributed by atoms with Crippen LogP contribution in [-0.4, -0.2) is 30.2 Å². The second kappa shape index (κ2) is 7.95. The van der Waals surface area contributed by atoms with Gasteiger partial charge in [0.05, 0.1) is 6.61 Å². The van der Waals surface area contributed by atoms with Gasteiger partial charge in [-0.15, -0.1) is 0 Å². The van der Waals surface area contributed by atoms with Gasteiger partial charge in [-0.05, 0) is 60.8 Å². The number of primary amides is 1. The second-order valence-corrected chi connectivity index (χ2v) is 7.62. The Morgan fingerprint density at radius 1 is 1.42 bits per heavy atom. The summed E-state index contributed by atoms with van der Waals surface area (Å²) < 4.78 is 0. The van der Waals surface area contributed by atoms with Crippen LogP contribution in [0, 0.1) is 5.41 Å². The first-order valence-electron chi connectivity index (χ1n) is 8.79. The molecule has 1 unspecified atom stereocenters. The van der Waals surface area contributed by atoms with Crippen LogP contribution in [0.5, 0.6) is 0 Å². The Hall–Kier alpha value is -1.65. The summed E-state index contributed by atoms with van der Waals surface area (Å²) in [6.45, 7) is 7.38. The molecule has 4 N–H and O–H groups in total. The van der Waals surface area contributed by atoms with Gasteiger partial charge < -0.3 is 16.2 Å². The molecule has 1 amide bonds. The van der Waals surface area contributed by atoms with Gasteiger partial charge in [0.25, 0.3) is 0 Å². The number of benzene rings is 1. The minimum Gasteiger partial charge on any atom is -0.395 e. The maximum atomic E-state index is 11.8. The lowest BCUT2D eigenvalue weighted by atomic mass is 9.76. The summed E-state index contributed by atoms with van der Waals surface area (Å²) in [5.41, 5.74) is 9.93. The van der Waals surface area contributed by atoms with Crippen LogP contribution in [0.1, 0.15) is 61.5 Å².